The average molecular weight is 232 g/mol. The summed E-state index contributed by atoms with van der Waals surface area (Å²) in [5.41, 5.74) is 7.94. The van der Waals surface area contributed by atoms with Gasteiger partial charge in [-0.25, -0.2) is 0 Å². The molecule has 1 aliphatic rings. The zero-order valence-electron chi connectivity index (χ0n) is 10.9. The van der Waals surface area contributed by atoms with Gasteiger partial charge in [0, 0.05) is 17.9 Å². The molecule has 2 atom stereocenters. The Morgan fingerprint density at radius 1 is 1.29 bits per heavy atom. The highest BCUT2D eigenvalue weighted by Gasteiger charge is 2.28. The lowest BCUT2D eigenvalue weighted by molar-refractivity contribution is 0.358. The summed E-state index contributed by atoms with van der Waals surface area (Å²) in [6.07, 6.45) is 12.4. The molecule has 1 aliphatic carbocycles. The summed E-state index contributed by atoms with van der Waals surface area (Å²) in [5, 5.41) is 0. The smallest absolute Gasteiger partial charge is 0.0270 e. The molecule has 2 unspecified atom stereocenters. The van der Waals surface area contributed by atoms with E-state index in [9.17, 15) is 0 Å². The van der Waals surface area contributed by atoms with E-state index in [1.54, 1.807) is 0 Å². The fourth-order valence-corrected chi connectivity index (χ4v) is 3.00. The van der Waals surface area contributed by atoms with Crippen LogP contribution in [0, 0.1) is 5.92 Å². The van der Waals surface area contributed by atoms with Crippen LogP contribution in [0.1, 0.15) is 51.0 Å². The minimum absolute atomic E-state index is 0.0191. The van der Waals surface area contributed by atoms with E-state index in [0.717, 1.165) is 12.3 Å². The topological polar surface area (TPSA) is 38.9 Å². The van der Waals surface area contributed by atoms with Crippen molar-refractivity contribution in [3.8, 4) is 0 Å². The van der Waals surface area contributed by atoms with Gasteiger partial charge in [0.2, 0.25) is 0 Å². The quantitative estimate of drug-likeness (QED) is 0.812. The van der Waals surface area contributed by atoms with Gasteiger partial charge >= 0.3 is 0 Å². The first kappa shape index (κ1) is 12.6. The lowest BCUT2D eigenvalue weighted by Gasteiger charge is -2.28. The molecule has 0 bridgehead atoms. The lowest BCUT2D eigenvalue weighted by atomic mass is 9.84. The van der Waals surface area contributed by atoms with Gasteiger partial charge in [0.05, 0.1) is 0 Å². The lowest BCUT2D eigenvalue weighted by Crippen LogP contribution is -2.41. The first-order valence-electron chi connectivity index (χ1n) is 6.90. The third-order valence-electron chi connectivity index (χ3n) is 4.22. The third kappa shape index (κ3) is 3.53. The highest BCUT2D eigenvalue weighted by Crippen LogP contribution is 2.32. The highest BCUT2D eigenvalue weighted by atomic mass is 14.7. The zero-order valence-corrected chi connectivity index (χ0v) is 10.9. The van der Waals surface area contributed by atoms with E-state index >= 15 is 0 Å². The molecule has 2 N–H and O–H groups in total. The van der Waals surface area contributed by atoms with Crippen LogP contribution in [0.3, 0.4) is 0 Å². The van der Waals surface area contributed by atoms with Crippen molar-refractivity contribution in [2.24, 2.45) is 11.7 Å². The Morgan fingerprint density at radius 3 is 2.76 bits per heavy atom. The van der Waals surface area contributed by atoms with E-state index in [-0.39, 0.29) is 5.54 Å². The standard InChI is InChI=1S/C15H24N2/c1-2-13-4-3-8-15(16,9-5-13)12-14-6-10-17-11-7-14/h6-7,10-11,13H,2-5,8-9,12,16H2,1H3. The SMILES string of the molecule is CCC1CCCC(N)(Cc2ccncc2)CC1. The van der Waals surface area contributed by atoms with Crippen LogP contribution in [-0.4, -0.2) is 10.5 Å². The molecule has 17 heavy (non-hydrogen) atoms. The van der Waals surface area contributed by atoms with Crippen LogP contribution in [0.15, 0.2) is 24.5 Å². The van der Waals surface area contributed by atoms with Crippen molar-refractivity contribution in [1.29, 1.82) is 0 Å². The van der Waals surface area contributed by atoms with Gasteiger partial charge in [0.25, 0.3) is 0 Å². The first-order valence-corrected chi connectivity index (χ1v) is 6.90. The first-order chi connectivity index (χ1) is 8.22. The Balaban J connectivity index is 1.99. The normalized spacial score (nSPS) is 29.9. The van der Waals surface area contributed by atoms with Crippen LogP contribution < -0.4 is 5.73 Å². The summed E-state index contributed by atoms with van der Waals surface area (Å²) < 4.78 is 0. The molecule has 0 saturated heterocycles. The minimum atomic E-state index is 0.0191. The molecule has 2 heteroatoms. The molecule has 94 valence electrons. The molecule has 2 rings (SSSR count). The molecular weight excluding hydrogens is 208 g/mol. The second-order valence-corrected chi connectivity index (χ2v) is 5.60. The molecule has 0 spiro atoms. The summed E-state index contributed by atoms with van der Waals surface area (Å²) in [7, 11) is 0. The van der Waals surface area contributed by atoms with Crippen molar-refractivity contribution < 1.29 is 0 Å². The largest absolute Gasteiger partial charge is 0.325 e. The molecule has 0 radical (unpaired) electrons. The van der Waals surface area contributed by atoms with Crippen LogP contribution in [0.25, 0.3) is 0 Å². The monoisotopic (exact) mass is 232 g/mol. The average Bonchev–Trinajstić information content (AvgIpc) is 2.52. The van der Waals surface area contributed by atoms with Crippen molar-refractivity contribution in [2.75, 3.05) is 0 Å². The Morgan fingerprint density at radius 2 is 2.06 bits per heavy atom. The Kier molecular flexibility index (Phi) is 4.16. The second kappa shape index (κ2) is 5.63. The molecule has 0 aromatic carbocycles. The number of hydrogen-bond donors (Lipinski definition) is 1. The molecule has 1 saturated carbocycles. The summed E-state index contributed by atoms with van der Waals surface area (Å²) in [4.78, 5) is 4.06. The molecule has 1 fully saturated rings. The zero-order chi connectivity index (χ0) is 12.1. The van der Waals surface area contributed by atoms with E-state index in [2.05, 4.69) is 24.0 Å². The van der Waals surface area contributed by atoms with Crippen molar-refractivity contribution in [2.45, 2.75) is 57.4 Å². The van der Waals surface area contributed by atoms with Crippen molar-refractivity contribution in [1.82, 2.24) is 4.98 Å². The second-order valence-electron chi connectivity index (χ2n) is 5.60. The molecule has 0 aliphatic heterocycles. The summed E-state index contributed by atoms with van der Waals surface area (Å²) in [5.74, 6) is 0.901. The number of nitrogens with zero attached hydrogens (tertiary/aromatic N) is 1. The molecular formula is C15H24N2. The molecule has 2 nitrogen and oxygen atoms in total. The van der Waals surface area contributed by atoms with Crippen molar-refractivity contribution >= 4 is 0 Å². The third-order valence-corrected chi connectivity index (χ3v) is 4.22. The predicted molar refractivity (Wildman–Crippen MR) is 71.7 cm³/mol. The Labute approximate surface area is 105 Å². The summed E-state index contributed by atoms with van der Waals surface area (Å²) in [6.45, 7) is 2.30. The highest BCUT2D eigenvalue weighted by molar-refractivity contribution is 5.14. The number of rotatable bonds is 3. The maximum atomic E-state index is 6.59. The molecule has 1 heterocycles. The van der Waals surface area contributed by atoms with E-state index in [1.165, 1.54) is 44.1 Å². The van der Waals surface area contributed by atoms with Gasteiger partial charge in [-0.1, -0.05) is 26.2 Å². The summed E-state index contributed by atoms with van der Waals surface area (Å²) >= 11 is 0. The van der Waals surface area contributed by atoms with Gasteiger partial charge in [-0.05, 0) is 49.3 Å². The fraction of sp³-hybridized carbons (Fsp3) is 0.667. The van der Waals surface area contributed by atoms with E-state index < -0.39 is 0 Å². The van der Waals surface area contributed by atoms with Crippen LogP contribution in [0.5, 0.6) is 0 Å². The van der Waals surface area contributed by atoms with Crippen LogP contribution in [0.4, 0.5) is 0 Å². The maximum Gasteiger partial charge on any atom is 0.0270 e. The molecule has 1 aromatic rings. The molecule has 0 amide bonds. The van der Waals surface area contributed by atoms with E-state index in [1.807, 2.05) is 12.4 Å². The Hall–Kier alpha value is -0.890. The fourth-order valence-electron chi connectivity index (χ4n) is 3.00. The van der Waals surface area contributed by atoms with Crippen LogP contribution >= 0.6 is 0 Å². The predicted octanol–water partition coefficient (Wildman–Crippen LogP) is 3.31. The van der Waals surface area contributed by atoms with Gasteiger partial charge in [-0.15, -0.1) is 0 Å². The number of hydrogen-bond acceptors (Lipinski definition) is 2. The van der Waals surface area contributed by atoms with Gasteiger partial charge in [-0.2, -0.15) is 0 Å². The van der Waals surface area contributed by atoms with E-state index in [4.69, 9.17) is 5.73 Å². The van der Waals surface area contributed by atoms with Crippen LogP contribution in [-0.2, 0) is 6.42 Å². The van der Waals surface area contributed by atoms with Crippen molar-refractivity contribution in [3.05, 3.63) is 30.1 Å². The van der Waals surface area contributed by atoms with Gasteiger partial charge in [0.15, 0.2) is 0 Å². The van der Waals surface area contributed by atoms with Gasteiger partial charge in [0.1, 0.15) is 0 Å². The maximum absolute atomic E-state index is 6.59. The minimum Gasteiger partial charge on any atom is -0.325 e. The number of pyridine rings is 1. The van der Waals surface area contributed by atoms with Crippen LogP contribution in [0.2, 0.25) is 0 Å². The van der Waals surface area contributed by atoms with Gasteiger partial charge < -0.3 is 5.73 Å². The Bertz CT molecular complexity index is 336. The number of nitrogens with two attached hydrogens (primary N) is 1. The van der Waals surface area contributed by atoms with E-state index in [0.29, 0.717) is 0 Å². The van der Waals surface area contributed by atoms with Gasteiger partial charge in [-0.3, -0.25) is 4.98 Å². The molecule has 1 aromatic heterocycles. The summed E-state index contributed by atoms with van der Waals surface area (Å²) in [6, 6.07) is 4.19. The van der Waals surface area contributed by atoms with Crippen molar-refractivity contribution in [3.63, 3.8) is 0 Å². The number of aromatic nitrogens is 1.